The fourth-order valence-electron chi connectivity index (χ4n) is 2.96. The normalized spacial score (nSPS) is 18.9. The number of anilines is 1. The molecule has 1 fully saturated rings. The number of methoxy groups -OCH3 is 1. The Bertz CT molecular complexity index is 853. The summed E-state index contributed by atoms with van der Waals surface area (Å²) in [5.41, 5.74) is 7.67. The Balaban J connectivity index is 1.44. The predicted octanol–water partition coefficient (Wildman–Crippen LogP) is 0.223. The third kappa shape index (κ3) is 5.05. The zero-order valence-corrected chi connectivity index (χ0v) is 15.3. The third-order valence-corrected chi connectivity index (χ3v) is 4.30. The first-order valence-electron chi connectivity index (χ1n) is 8.79. The number of aromatic nitrogens is 2. The number of carbonyl (C=O) groups is 1. The minimum absolute atomic E-state index is 0.0375. The molecule has 2 unspecified atom stereocenters. The Morgan fingerprint density at radius 1 is 1.30 bits per heavy atom. The van der Waals surface area contributed by atoms with Crippen molar-refractivity contribution < 1.29 is 9.53 Å². The van der Waals surface area contributed by atoms with Crippen molar-refractivity contribution in [3.05, 3.63) is 51.9 Å². The monoisotopic (exact) mass is 372 g/mol. The molecule has 144 valence electrons. The number of nitrogens with one attached hydrogen (secondary N) is 5. The maximum absolute atomic E-state index is 12.3. The van der Waals surface area contributed by atoms with Crippen LogP contribution in [-0.2, 0) is 4.79 Å². The van der Waals surface area contributed by atoms with Gasteiger partial charge in [0.15, 0.2) is 0 Å². The minimum Gasteiger partial charge on any atom is -0.497 e. The SMILES string of the molecule is COc1cccc(C2CC(C(=O)NCCNc3nc(C)cc(=O)[nH]3)NN2)c1. The lowest BCUT2D eigenvalue weighted by atomic mass is 10.0. The maximum atomic E-state index is 12.3. The highest BCUT2D eigenvalue weighted by Crippen LogP contribution is 2.25. The van der Waals surface area contributed by atoms with Crippen LogP contribution in [0.15, 0.2) is 35.1 Å². The second-order valence-corrected chi connectivity index (χ2v) is 6.36. The number of hydrazine groups is 1. The van der Waals surface area contributed by atoms with Crippen LogP contribution in [0.3, 0.4) is 0 Å². The van der Waals surface area contributed by atoms with Gasteiger partial charge >= 0.3 is 0 Å². The Labute approximate surface area is 156 Å². The summed E-state index contributed by atoms with van der Waals surface area (Å²) in [5, 5.41) is 5.86. The van der Waals surface area contributed by atoms with E-state index in [1.165, 1.54) is 6.07 Å². The number of rotatable bonds is 7. The zero-order valence-electron chi connectivity index (χ0n) is 15.3. The standard InChI is InChI=1S/C18H24N6O3/c1-11-8-16(25)22-18(21-11)20-7-6-19-17(26)15-10-14(23-24-15)12-4-3-5-13(9-12)27-2/h3-5,8-9,14-15,23-24H,6-7,10H2,1-2H3,(H,19,26)(H2,20,21,22,25). The van der Waals surface area contributed by atoms with Crippen molar-refractivity contribution >= 4 is 11.9 Å². The number of hydrogen-bond donors (Lipinski definition) is 5. The first kappa shape index (κ1) is 18.9. The summed E-state index contributed by atoms with van der Waals surface area (Å²) in [6, 6.07) is 8.91. The molecular formula is C18H24N6O3. The fourth-order valence-corrected chi connectivity index (χ4v) is 2.96. The van der Waals surface area contributed by atoms with E-state index in [9.17, 15) is 9.59 Å². The number of hydrogen-bond acceptors (Lipinski definition) is 7. The van der Waals surface area contributed by atoms with Crippen LogP contribution in [0.25, 0.3) is 0 Å². The van der Waals surface area contributed by atoms with Crippen LogP contribution in [0.1, 0.15) is 23.7 Å². The summed E-state index contributed by atoms with van der Waals surface area (Å²) in [7, 11) is 1.63. The Hall–Kier alpha value is -2.91. The van der Waals surface area contributed by atoms with Crippen LogP contribution in [0.5, 0.6) is 5.75 Å². The number of aryl methyl sites for hydroxylation is 1. The maximum Gasteiger partial charge on any atom is 0.252 e. The molecule has 1 aromatic heterocycles. The van der Waals surface area contributed by atoms with Gasteiger partial charge in [0.25, 0.3) is 5.56 Å². The average Bonchev–Trinajstić information content (AvgIpc) is 3.15. The van der Waals surface area contributed by atoms with Crippen LogP contribution < -0.4 is 31.8 Å². The molecular weight excluding hydrogens is 348 g/mol. The first-order valence-corrected chi connectivity index (χ1v) is 8.79. The molecule has 2 heterocycles. The second kappa shape index (κ2) is 8.65. The molecule has 5 N–H and O–H groups in total. The quantitative estimate of drug-likeness (QED) is 0.441. The van der Waals surface area contributed by atoms with E-state index in [1.807, 2.05) is 24.3 Å². The van der Waals surface area contributed by atoms with Crippen molar-refractivity contribution in [3.8, 4) is 5.75 Å². The molecule has 1 aliphatic heterocycles. The summed E-state index contributed by atoms with van der Waals surface area (Å²) in [6.07, 6.45) is 0.638. The Morgan fingerprint density at radius 3 is 2.93 bits per heavy atom. The highest BCUT2D eigenvalue weighted by atomic mass is 16.5. The van der Waals surface area contributed by atoms with Gasteiger partial charge < -0.3 is 15.4 Å². The predicted molar refractivity (Wildman–Crippen MR) is 102 cm³/mol. The lowest BCUT2D eigenvalue weighted by Crippen LogP contribution is -2.44. The van der Waals surface area contributed by atoms with E-state index in [4.69, 9.17) is 4.74 Å². The van der Waals surface area contributed by atoms with Gasteiger partial charge in [-0.2, -0.15) is 0 Å². The van der Waals surface area contributed by atoms with E-state index >= 15 is 0 Å². The molecule has 0 spiro atoms. The van der Waals surface area contributed by atoms with E-state index < -0.39 is 0 Å². The van der Waals surface area contributed by atoms with Crippen molar-refractivity contribution in [3.63, 3.8) is 0 Å². The minimum atomic E-state index is -0.321. The smallest absolute Gasteiger partial charge is 0.252 e. The number of carbonyl (C=O) groups excluding carboxylic acids is 1. The molecule has 2 atom stereocenters. The number of H-pyrrole nitrogens is 1. The summed E-state index contributed by atoms with van der Waals surface area (Å²) in [6.45, 7) is 2.62. The lowest BCUT2D eigenvalue weighted by molar-refractivity contribution is -0.122. The summed E-state index contributed by atoms with van der Waals surface area (Å²) in [5.74, 6) is 1.10. The van der Waals surface area contributed by atoms with E-state index in [0.29, 0.717) is 31.2 Å². The highest BCUT2D eigenvalue weighted by Gasteiger charge is 2.30. The molecule has 0 bridgehead atoms. The topological polar surface area (TPSA) is 120 Å². The van der Waals surface area contributed by atoms with Crippen LogP contribution in [0.4, 0.5) is 5.95 Å². The number of amides is 1. The van der Waals surface area contributed by atoms with E-state index in [2.05, 4.69) is 31.5 Å². The van der Waals surface area contributed by atoms with Gasteiger partial charge in [0.2, 0.25) is 11.9 Å². The fraction of sp³-hybridized carbons (Fsp3) is 0.389. The molecule has 9 heteroatoms. The van der Waals surface area contributed by atoms with E-state index in [0.717, 1.165) is 11.3 Å². The number of aromatic amines is 1. The van der Waals surface area contributed by atoms with Crippen LogP contribution in [-0.4, -0.2) is 42.1 Å². The molecule has 9 nitrogen and oxygen atoms in total. The molecule has 0 aliphatic carbocycles. The van der Waals surface area contributed by atoms with E-state index in [1.54, 1.807) is 14.0 Å². The highest BCUT2D eigenvalue weighted by molar-refractivity contribution is 5.82. The summed E-state index contributed by atoms with van der Waals surface area (Å²) >= 11 is 0. The van der Waals surface area contributed by atoms with Crippen LogP contribution >= 0.6 is 0 Å². The number of nitrogens with zero attached hydrogens (tertiary/aromatic N) is 1. The number of ether oxygens (including phenoxy) is 1. The summed E-state index contributed by atoms with van der Waals surface area (Å²) in [4.78, 5) is 30.5. The number of benzene rings is 1. The van der Waals surface area contributed by atoms with Crippen LogP contribution in [0.2, 0.25) is 0 Å². The van der Waals surface area contributed by atoms with Gasteiger partial charge in [0.1, 0.15) is 11.8 Å². The average molecular weight is 372 g/mol. The molecule has 27 heavy (non-hydrogen) atoms. The summed E-state index contributed by atoms with van der Waals surface area (Å²) < 4.78 is 5.24. The first-order chi connectivity index (χ1) is 13.0. The Morgan fingerprint density at radius 2 is 2.15 bits per heavy atom. The van der Waals surface area contributed by atoms with Crippen molar-refractivity contribution in [2.45, 2.75) is 25.4 Å². The van der Waals surface area contributed by atoms with Crippen molar-refractivity contribution in [2.24, 2.45) is 0 Å². The Kier molecular flexibility index (Phi) is 6.05. The van der Waals surface area contributed by atoms with Gasteiger partial charge in [0.05, 0.1) is 7.11 Å². The van der Waals surface area contributed by atoms with Gasteiger partial charge in [0, 0.05) is 30.9 Å². The second-order valence-electron chi connectivity index (χ2n) is 6.36. The molecule has 1 aliphatic rings. The molecule has 3 rings (SSSR count). The van der Waals surface area contributed by atoms with Crippen molar-refractivity contribution in [2.75, 3.05) is 25.5 Å². The molecule has 1 saturated heterocycles. The largest absolute Gasteiger partial charge is 0.497 e. The molecule has 1 amide bonds. The van der Waals surface area contributed by atoms with Crippen molar-refractivity contribution in [1.82, 2.24) is 26.1 Å². The van der Waals surface area contributed by atoms with Crippen LogP contribution in [0, 0.1) is 6.92 Å². The van der Waals surface area contributed by atoms with E-state index in [-0.39, 0.29) is 23.6 Å². The lowest BCUT2D eigenvalue weighted by Gasteiger charge is -2.12. The molecule has 0 saturated carbocycles. The molecule has 1 aromatic carbocycles. The zero-order chi connectivity index (χ0) is 19.2. The van der Waals surface area contributed by atoms with Gasteiger partial charge in [-0.05, 0) is 31.0 Å². The molecule has 0 radical (unpaired) electrons. The third-order valence-electron chi connectivity index (χ3n) is 4.30. The van der Waals surface area contributed by atoms with Crippen molar-refractivity contribution in [1.29, 1.82) is 0 Å². The molecule has 2 aromatic rings. The van der Waals surface area contributed by atoms with Gasteiger partial charge in [-0.25, -0.2) is 15.8 Å². The van der Waals surface area contributed by atoms with Gasteiger partial charge in [-0.1, -0.05) is 12.1 Å². The van der Waals surface area contributed by atoms with Gasteiger partial charge in [-0.15, -0.1) is 0 Å². The van der Waals surface area contributed by atoms with Gasteiger partial charge in [-0.3, -0.25) is 14.6 Å².